The minimum absolute atomic E-state index is 0.0722. The van der Waals surface area contributed by atoms with E-state index < -0.39 is 20.0 Å². The third kappa shape index (κ3) is 39.5. The molecule has 1 amide bonds. The second-order valence-electron chi connectivity index (χ2n) is 17.1. The van der Waals surface area contributed by atoms with Gasteiger partial charge in [-0.3, -0.25) is 13.8 Å². The van der Waals surface area contributed by atoms with Gasteiger partial charge in [0.25, 0.3) is 0 Å². The van der Waals surface area contributed by atoms with Crippen LogP contribution in [0.15, 0.2) is 12.2 Å². The number of carbonyl (C=O) groups is 1. The molecule has 3 atom stereocenters. The smallest absolute Gasteiger partial charge is 0.391 e. The Balaban J connectivity index is 4.36. The average Bonchev–Trinajstić information content (AvgIpc) is 3.12. The van der Waals surface area contributed by atoms with Crippen molar-refractivity contribution in [2.75, 3.05) is 40.9 Å². The summed E-state index contributed by atoms with van der Waals surface area (Å²) in [6.45, 7) is 4.88. The Morgan fingerprint density at radius 2 is 1.00 bits per heavy atom. The molecule has 0 aliphatic carbocycles. The fourth-order valence-electron chi connectivity index (χ4n) is 6.81. The number of phosphoric acid groups is 1. The molecular weight excluding hydrogens is 695 g/mol. The van der Waals surface area contributed by atoms with Crippen LogP contribution in [-0.2, 0) is 18.4 Å². The van der Waals surface area contributed by atoms with E-state index in [0.717, 1.165) is 44.9 Å². The van der Waals surface area contributed by atoms with Crippen LogP contribution < -0.4 is 5.32 Å². The van der Waals surface area contributed by atoms with E-state index in [4.69, 9.17) is 9.05 Å². The number of aliphatic hydroxyl groups is 1. The third-order valence-corrected chi connectivity index (χ3v) is 11.5. The Hall–Kier alpha value is -0.760. The molecule has 322 valence electrons. The topological polar surface area (TPSA) is 105 Å². The lowest BCUT2D eigenvalue weighted by molar-refractivity contribution is -0.870. The first-order chi connectivity index (χ1) is 26.0. The molecular formula is C45H92N2O6P+. The van der Waals surface area contributed by atoms with E-state index in [9.17, 15) is 19.4 Å². The molecule has 0 rings (SSSR count). The number of amides is 1. The number of unbranched alkanes of at least 4 members (excludes halogenated alkanes) is 27. The standard InChI is InChI=1S/C45H91N2O6P/c1-6-8-10-12-14-16-18-20-22-24-26-28-30-32-34-36-38-44(48)43(42-53-54(50,51)52-41-40-47(3,4)5)46-45(49)39-37-35-33-31-29-27-25-23-21-19-17-15-13-11-9-7-2/h28,30,43-44,48H,6-27,29,31-42H2,1-5H3,(H-,46,49,50,51)/p+1/b30-28+/t43-,44+/m0/s1. The van der Waals surface area contributed by atoms with Crippen molar-refractivity contribution in [2.24, 2.45) is 0 Å². The first kappa shape index (κ1) is 53.2. The van der Waals surface area contributed by atoms with E-state index in [0.29, 0.717) is 23.9 Å². The van der Waals surface area contributed by atoms with Crippen molar-refractivity contribution < 1.29 is 32.9 Å². The van der Waals surface area contributed by atoms with Crippen LogP contribution in [0.25, 0.3) is 0 Å². The number of aliphatic hydroxyl groups excluding tert-OH is 1. The van der Waals surface area contributed by atoms with Crippen molar-refractivity contribution in [3.8, 4) is 0 Å². The fraction of sp³-hybridized carbons (Fsp3) is 0.933. The van der Waals surface area contributed by atoms with E-state index in [-0.39, 0.29) is 19.1 Å². The molecule has 0 saturated carbocycles. The quantitative estimate of drug-likeness (QED) is 0.0246. The molecule has 0 aliphatic rings. The maximum absolute atomic E-state index is 12.9. The zero-order valence-electron chi connectivity index (χ0n) is 36.5. The molecule has 0 aromatic carbocycles. The summed E-state index contributed by atoms with van der Waals surface area (Å²) >= 11 is 0. The van der Waals surface area contributed by atoms with Crippen molar-refractivity contribution in [2.45, 2.75) is 231 Å². The summed E-state index contributed by atoms with van der Waals surface area (Å²) in [4.78, 5) is 23.1. The number of nitrogens with one attached hydrogen (secondary N) is 1. The molecule has 8 nitrogen and oxygen atoms in total. The molecule has 1 unspecified atom stereocenters. The van der Waals surface area contributed by atoms with Crippen molar-refractivity contribution in [3.05, 3.63) is 12.2 Å². The number of likely N-dealkylation sites (N-methyl/N-ethyl adjacent to an activating group) is 1. The highest BCUT2D eigenvalue weighted by Gasteiger charge is 2.28. The number of nitrogens with zero attached hydrogens (tertiary/aromatic N) is 1. The van der Waals surface area contributed by atoms with Gasteiger partial charge in [-0.25, -0.2) is 4.57 Å². The summed E-state index contributed by atoms with van der Waals surface area (Å²) in [7, 11) is 1.61. The van der Waals surface area contributed by atoms with Gasteiger partial charge in [0.15, 0.2) is 0 Å². The van der Waals surface area contributed by atoms with Gasteiger partial charge in [-0.1, -0.05) is 187 Å². The summed E-state index contributed by atoms with van der Waals surface area (Å²) in [6, 6.07) is -0.770. The number of hydrogen-bond acceptors (Lipinski definition) is 5. The summed E-state index contributed by atoms with van der Waals surface area (Å²) in [5, 5.41) is 13.9. The highest BCUT2D eigenvalue weighted by atomic mass is 31.2. The van der Waals surface area contributed by atoms with Crippen molar-refractivity contribution in [1.29, 1.82) is 0 Å². The lowest BCUT2D eigenvalue weighted by Crippen LogP contribution is -2.46. The SMILES string of the molecule is CCCCCCCCCCCC/C=C/CCCC[C@@H](O)[C@H](COP(=O)(O)OCC[N+](C)(C)C)NC(=O)CCCCCCCCCCCCCCCCCC. The van der Waals surface area contributed by atoms with Gasteiger partial charge in [-0.2, -0.15) is 0 Å². The van der Waals surface area contributed by atoms with Crippen LogP contribution in [0.1, 0.15) is 219 Å². The van der Waals surface area contributed by atoms with Gasteiger partial charge in [0.1, 0.15) is 13.2 Å². The van der Waals surface area contributed by atoms with Gasteiger partial charge in [0, 0.05) is 6.42 Å². The maximum atomic E-state index is 12.9. The van der Waals surface area contributed by atoms with E-state index in [2.05, 4.69) is 31.3 Å². The Labute approximate surface area is 335 Å². The molecule has 0 fully saturated rings. The lowest BCUT2D eigenvalue weighted by Gasteiger charge is -2.26. The zero-order valence-corrected chi connectivity index (χ0v) is 37.4. The molecule has 3 N–H and O–H groups in total. The molecule has 54 heavy (non-hydrogen) atoms. The highest BCUT2D eigenvalue weighted by molar-refractivity contribution is 7.47. The van der Waals surface area contributed by atoms with Crippen LogP contribution in [-0.4, -0.2) is 73.4 Å². The average molecular weight is 788 g/mol. The second kappa shape index (κ2) is 37.8. The molecule has 0 aromatic heterocycles. The van der Waals surface area contributed by atoms with E-state index in [1.165, 1.54) is 148 Å². The van der Waals surface area contributed by atoms with Gasteiger partial charge in [0.2, 0.25) is 5.91 Å². The number of hydrogen-bond donors (Lipinski definition) is 3. The van der Waals surface area contributed by atoms with Crippen LogP contribution in [0.2, 0.25) is 0 Å². The Morgan fingerprint density at radius 3 is 1.43 bits per heavy atom. The molecule has 0 radical (unpaired) electrons. The first-order valence-corrected chi connectivity index (χ1v) is 24.5. The number of rotatable bonds is 42. The summed E-state index contributed by atoms with van der Waals surface area (Å²) in [5.41, 5.74) is 0. The van der Waals surface area contributed by atoms with E-state index >= 15 is 0 Å². The summed E-state index contributed by atoms with van der Waals surface area (Å²) in [5.74, 6) is -0.151. The number of allylic oxidation sites excluding steroid dienone is 2. The Morgan fingerprint density at radius 1 is 0.611 bits per heavy atom. The van der Waals surface area contributed by atoms with Crippen LogP contribution in [0, 0.1) is 0 Å². The van der Waals surface area contributed by atoms with Gasteiger partial charge < -0.3 is 19.8 Å². The van der Waals surface area contributed by atoms with E-state index in [1.54, 1.807) is 0 Å². The van der Waals surface area contributed by atoms with Gasteiger partial charge in [0.05, 0.1) is 39.9 Å². The molecule has 0 bridgehead atoms. The normalized spacial score (nSPS) is 14.4. The third-order valence-electron chi connectivity index (χ3n) is 10.5. The monoisotopic (exact) mass is 788 g/mol. The highest BCUT2D eigenvalue weighted by Crippen LogP contribution is 2.43. The molecule has 0 aliphatic heterocycles. The minimum atomic E-state index is -4.32. The number of phosphoric ester groups is 1. The lowest BCUT2D eigenvalue weighted by atomic mass is 10.0. The maximum Gasteiger partial charge on any atom is 0.472 e. The number of quaternary nitrogens is 1. The van der Waals surface area contributed by atoms with Crippen molar-refractivity contribution in [3.63, 3.8) is 0 Å². The van der Waals surface area contributed by atoms with Gasteiger partial charge in [-0.05, 0) is 38.5 Å². The minimum Gasteiger partial charge on any atom is -0.391 e. The summed E-state index contributed by atoms with van der Waals surface area (Å²) in [6.07, 6.45) is 42.4. The fourth-order valence-corrected chi connectivity index (χ4v) is 7.54. The Bertz CT molecular complexity index is 896. The van der Waals surface area contributed by atoms with Crippen LogP contribution in [0.3, 0.4) is 0 Å². The zero-order chi connectivity index (χ0) is 40.0. The largest absolute Gasteiger partial charge is 0.472 e. The van der Waals surface area contributed by atoms with Crippen LogP contribution >= 0.6 is 7.82 Å². The summed E-state index contributed by atoms with van der Waals surface area (Å²) < 4.78 is 23.6. The molecule has 0 saturated heterocycles. The predicted octanol–water partition coefficient (Wildman–Crippen LogP) is 12.8. The van der Waals surface area contributed by atoms with Gasteiger partial charge >= 0.3 is 7.82 Å². The molecule has 0 aromatic rings. The van der Waals surface area contributed by atoms with Crippen LogP contribution in [0.4, 0.5) is 0 Å². The van der Waals surface area contributed by atoms with Gasteiger partial charge in [-0.15, -0.1) is 0 Å². The first-order valence-electron chi connectivity index (χ1n) is 23.1. The Kier molecular flexibility index (Phi) is 37.3. The van der Waals surface area contributed by atoms with Crippen LogP contribution in [0.5, 0.6) is 0 Å². The molecule has 9 heteroatoms. The van der Waals surface area contributed by atoms with E-state index in [1.807, 2.05) is 21.1 Å². The second-order valence-corrected chi connectivity index (χ2v) is 18.6. The van der Waals surface area contributed by atoms with Crippen molar-refractivity contribution >= 4 is 13.7 Å². The van der Waals surface area contributed by atoms with Crippen molar-refractivity contribution in [1.82, 2.24) is 5.32 Å². The molecule has 0 heterocycles. The molecule has 0 spiro atoms. The predicted molar refractivity (Wildman–Crippen MR) is 231 cm³/mol. The number of carbonyl (C=O) groups excluding carboxylic acids is 1.